The van der Waals surface area contributed by atoms with Crippen molar-refractivity contribution >= 4 is 5.82 Å². The number of anilines is 1. The summed E-state index contributed by atoms with van der Waals surface area (Å²) >= 11 is 0. The molecule has 0 saturated heterocycles. The Hall–Kier alpha value is -1.36. The first-order valence-electron chi connectivity index (χ1n) is 5.44. The van der Waals surface area contributed by atoms with Gasteiger partial charge in [-0.3, -0.25) is 0 Å². The molecule has 0 fully saturated rings. The van der Waals surface area contributed by atoms with Crippen molar-refractivity contribution in [1.29, 1.82) is 0 Å². The fourth-order valence-electron chi connectivity index (χ4n) is 1.48. The van der Waals surface area contributed by atoms with Gasteiger partial charge in [-0.05, 0) is 12.8 Å². The quantitative estimate of drug-likeness (QED) is 0.767. The Balaban J connectivity index is 2.84. The molecule has 90 valence electrons. The molecule has 0 bridgehead atoms. The van der Waals surface area contributed by atoms with Gasteiger partial charge in [0.25, 0.3) is 0 Å². The van der Waals surface area contributed by atoms with Crippen LogP contribution < -0.4 is 10.1 Å². The summed E-state index contributed by atoms with van der Waals surface area (Å²) in [4.78, 5) is 8.03. The smallest absolute Gasteiger partial charge is 0.218 e. The van der Waals surface area contributed by atoms with E-state index >= 15 is 0 Å². The number of aliphatic hydroxyl groups excluding tert-OH is 1. The van der Waals surface area contributed by atoms with Crippen LogP contribution in [0.4, 0.5) is 5.82 Å². The standard InChI is InChI=1S/C11H19N3O2/c1-4-11(5-2,7-15)14-9-6-10(16-3)13-8-12-9/h6,8,15H,4-5,7H2,1-3H3,(H,12,13,14). The molecular weight excluding hydrogens is 206 g/mol. The van der Waals surface area contributed by atoms with E-state index in [0.717, 1.165) is 12.8 Å². The lowest BCUT2D eigenvalue weighted by Gasteiger charge is -2.31. The summed E-state index contributed by atoms with van der Waals surface area (Å²) in [5.41, 5.74) is -0.320. The first kappa shape index (κ1) is 12.7. The first-order valence-corrected chi connectivity index (χ1v) is 5.44. The van der Waals surface area contributed by atoms with Crippen LogP contribution in [0.5, 0.6) is 5.88 Å². The maximum atomic E-state index is 9.43. The molecular formula is C11H19N3O2. The molecule has 0 aliphatic carbocycles. The van der Waals surface area contributed by atoms with Gasteiger partial charge in [0.05, 0.1) is 19.3 Å². The zero-order chi connectivity index (χ0) is 12.0. The monoisotopic (exact) mass is 225 g/mol. The minimum absolute atomic E-state index is 0.0757. The number of rotatable bonds is 6. The van der Waals surface area contributed by atoms with Gasteiger partial charge in [0.15, 0.2) is 0 Å². The normalized spacial score (nSPS) is 11.2. The molecule has 0 atom stereocenters. The zero-order valence-electron chi connectivity index (χ0n) is 10.0. The van der Waals surface area contributed by atoms with Gasteiger partial charge < -0.3 is 15.2 Å². The molecule has 1 heterocycles. The van der Waals surface area contributed by atoms with Gasteiger partial charge in [-0.25, -0.2) is 9.97 Å². The van der Waals surface area contributed by atoms with E-state index in [9.17, 15) is 5.11 Å². The van der Waals surface area contributed by atoms with Crippen LogP contribution in [0, 0.1) is 0 Å². The molecule has 0 radical (unpaired) electrons. The summed E-state index contributed by atoms with van der Waals surface area (Å²) in [7, 11) is 1.56. The van der Waals surface area contributed by atoms with Crippen molar-refractivity contribution in [3.8, 4) is 5.88 Å². The SMILES string of the molecule is CCC(CC)(CO)Nc1cc(OC)ncn1. The third-order valence-electron chi connectivity index (χ3n) is 2.90. The van der Waals surface area contributed by atoms with E-state index in [1.807, 2.05) is 13.8 Å². The van der Waals surface area contributed by atoms with Gasteiger partial charge in [0.2, 0.25) is 5.88 Å². The lowest BCUT2D eigenvalue weighted by atomic mass is 9.94. The van der Waals surface area contributed by atoms with Crippen LogP contribution in [0.1, 0.15) is 26.7 Å². The maximum absolute atomic E-state index is 9.43. The van der Waals surface area contributed by atoms with Crippen molar-refractivity contribution in [2.45, 2.75) is 32.2 Å². The highest BCUT2D eigenvalue weighted by atomic mass is 16.5. The number of nitrogens with one attached hydrogen (secondary N) is 1. The molecule has 16 heavy (non-hydrogen) atoms. The average molecular weight is 225 g/mol. The fraction of sp³-hybridized carbons (Fsp3) is 0.636. The number of nitrogens with zero attached hydrogens (tertiary/aromatic N) is 2. The Morgan fingerprint density at radius 2 is 2.06 bits per heavy atom. The highest BCUT2D eigenvalue weighted by Gasteiger charge is 2.25. The van der Waals surface area contributed by atoms with Crippen LogP contribution in [-0.4, -0.2) is 34.3 Å². The Bertz CT molecular complexity index is 318. The van der Waals surface area contributed by atoms with Gasteiger partial charge in [0.1, 0.15) is 12.1 Å². The summed E-state index contributed by atoms with van der Waals surface area (Å²) < 4.78 is 5.02. The Morgan fingerprint density at radius 1 is 1.38 bits per heavy atom. The minimum Gasteiger partial charge on any atom is -0.481 e. The highest BCUT2D eigenvalue weighted by Crippen LogP contribution is 2.21. The van der Waals surface area contributed by atoms with Crippen LogP contribution >= 0.6 is 0 Å². The van der Waals surface area contributed by atoms with Crippen molar-refractivity contribution in [1.82, 2.24) is 9.97 Å². The molecule has 0 unspecified atom stereocenters. The average Bonchev–Trinajstić information content (AvgIpc) is 2.36. The molecule has 5 heteroatoms. The Kier molecular flexibility index (Phi) is 4.49. The van der Waals surface area contributed by atoms with E-state index in [0.29, 0.717) is 11.7 Å². The van der Waals surface area contributed by atoms with Crippen molar-refractivity contribution in [2.24, 2.45) is 0 Å². The first-order chi connectivity index (χ1) is 7.69. The summed E-state index contributed by atoms with van der Waals surface area (Å²) in [6, 6.07) is 1.72. The molecule has 1 aromatic heterocycles. The molecule has 1 rings (SSSR count). The molecule has 1 aromatic rings. The van der Waals surface area contributed by atoms with Gasteiger partial charge in [-0.15, -0.1) is 0 Å². The summed E-state index contributed by atoms with van der Waals surface area (Å²) in [5.74, 6) is 1.18. The topological polar surface area (TPSA) is 67.3 Å². The van der Waals surface area contributed by atoms with Crippen molar-refractivity contribution in [3.05, 3.63) is 12.4 Å². The summed E-state index contributed by atoms with van der Waals surface area (Å²) in [6.07, 6.45) is 3.09. The third kappa shape index (κ3) is 2.82. The lowest BCUT2D eigenvalue weighted by molar-refractivity contribution is 0.202. The number of ether oxygens (including phenoxy) is 1. The van der Waals surface area contributed by atoms with E-state index in [4.69, 9.17) is 4.74 Å². The van der Waals surface area contributed by atoms with E-state index in [1.54, 1.807) is 13.2 Å². The van der Waals surface area contributed by atoms with Crippen molar-refractivity contribution < 1.29 is 9.84 Å². The van der Waals surface area contributed by atoms with Crippen LogP contribution in [0.3, 0.4) is 0 Å². The van der Waals surface area contributed by atoms with Crippen molar-refractivity contribution in [3.63, 3.8) is 0 Å². The lowest BCUT2D eigenvalue weighted by Crippen LogP contribution is -2.41. The van der Waals surface area contributed by atoms with E-state index < -0.39 is 0 Å². The molecule has 0 aliphatic rings. The fourth-order valence-corrected chi connectivity index (χ4v) is 1.48. The highest BCUT2D eigenvalue weighted by molar-refractivity contribution is 5.40. The minimum atomic E-state index is -0.320. The second kappa shape index (κ2) is 5.65. The number of hydrogen-bond acceptors (Lipinski definition) is 5. The van der Waals surface area contributed by atoms with Crippen LogP contribution in [0.25, 0.3) is 0 Å². The van der Waals surface area contributed by atoms with Crippen LogP contribution in [0.2, 0.25) is 0 Å². The number of aromatic nitrogens is 2. The molecule has 0 aromatic carbocycles. The Labute approximate surface area is 95.9 Å². The van der Waals surface area contributed by atoms with E-state index in [-0.39, 0.29) is 12.1 Å². The third-order valence-corrected chi connectivity index (χ3v) is 2.90. The van der Waals surface area contributed by atoms with Gasteiger partial charge in [0, 0.05) is 6.07 Å². The van der Waals surface area contributed by atoms with E-state index in [2.05, 4.69) is 15.3 Å². The molecule has 0 saturated carbocycles. The van der Waals surface area contributed by atoms with Crippen LogP contribution in [0.15, 0.2) is 12.4 Å². The largest absolute Gasteiger partial charge is 0.481 e. The maximum Gasteiger partial charge on any atom is 0.218 e. The molecule has 0 aliphatic heterocycles. The second-order valence-electron chi connectivity index (χ2n) is 3.72. The zero-order valence-corrected chi connectivity index (χ0v) is 10.0. The summed E-state index contributed by atoms with van der Waals surface area (Å²) in [5, 5.41) is 12.7. The van der Waals surface area contributed by atoms with E-state index in [1.165, 1.54) is 6.33 Å². The number of aliphatic hydroxyl groups is 1. The number of hydrogen-bond donors (Lipinski definition) is 2. The van der Waals surface area contributed by atoms with Crippen molar-refractivity contribution in [2.75, 3.05) is 19.0 Å². The molecule has 0 amide bonds. The summed E-state index contributed by atoms with van der Waals surface area (Å²) in [6.45, 7) is 4.14. The second-order valence-corrected chi connectivity index (χ2v) is 3.72. The Morgan fingerprint density at radius 3 is 2.56 bits per heavy atom. The van der Waals surface area contributed by atoms with Gasteiger partial charge >= 0.3 is 0 Å². The molecule has 2 N–H and O–H groups in total. The van der Waals surface area contributed by atoms with Crippen LogP contribution in [-0.2, 0) is 0 Å². The number of methoxy groups -OCH3 is 1. The van der Waals surface area contributed by atoms with Gasteiger partial charge in [-0.2, -0.15) is 0 Å². The van der Waals surface area contributed by atoms with Gasteiger partial charge in [-0.1, -0.05) is 13.8 Å². The molecule has 0 spiro atoms. The predicted octanol–water partition coefficient (Wildman–Crippen LogP) is 1.45. The predicted molar refractivity (Wildman–Crippen MR) is 62.6 cm³/mol. The molecule has 5 nitrogen and oxygen atoms in total.